The van der Waals surface area contributed by atoms with Gasteiger partial charge in [0, 0.05) is 16.0 Å². The van der Waals surface area contributed by atoms with Crippen LogP contribution in [0.2, 0.25) is 0 Å². The quantitative estimate of drug-likeness (QED) is 0.680. The minimum atomic E-state index is -4.50. The highest BCUT2D eigenvalue weighted by atomic mass is 32.2. The number of carbonyl (C=O) groups is 2. The third-order valence-electron chi connectivity index (χ3n) is 3.76. The van der Waals surface area contributed by atoms with Crippen molar-refractivity contribution < 1.29 is 31.2 Å². The molecule has 0 saturated heterocycles. The summed E-state index contributed by atoms with van der Waals surface area (Å²) in [6.45, 7) is 1.34. The molecule has 0 fully saturated rings. The van der Waals surface area contributed by atoms with Gasteiger partial charge in [0.05, 0.1) is 16.2 Å². The van der Waals surface area contributed by atoms with E-state index in [4.69, 9.17) is 11.5 Å². The van der Waals surface area contributed by atoms with Gasteiger partial charge in [-0.05, 0) is 41.6 Å². The number of hydrogen-bond donors (Lipinski definition) is 2. The molecule has 11 heteroatoms. The third-order valence-corrected chi connectivity index (χ3v) is 6.30. The Morgan fingerprint density at radius 1 is 0.964 bits per heavy atom. The van der Waals surface area contributed by atoms with Crippen molar-refractivity contribution in [1.29, 1.82) is 0 Å². The first kappa shape index (κ1) is 21.8. The second-order valence-electron chi connectivity index (χ2n) is 5.57. The maximum atomic E-state index is 12.6. The van der Waals surface area contributed by atoms with Crippen LogP contribution in [0.4, 0.5) is 13.2 Å². The lowest BCUT2D eigenvalue weighted by Crippen LogP contribution is -2.21. The van der Waals surface area contributed by atoms with Crippen LogP contribution in [0.15, 0.2) is 46.2 Å². The Bertz CT molecular complexity index is 1030. The summed E-state index contributed by atoms with van der Waals surface area (Å²) in [6, 6.07) is 6.92. The summed E-state index contributed by atoms with van der Waals surface area (Å²) < 4.78 is 62.8. The summed E-state index contributed by atoms with van der Waals surface area (Å²) in [5.74, 6) is -2.40. The number of halogens is 3. The zero-order chi connectivity index (χ0) is 21.3. The molecule has 2 aromatic rings. The van der Waals surface area contributed by atoms with Crippen LogP contribution in [0.5, 0.6) is 0 Å². The summed E-state index contributed by atoms with van der Waals surface area (Å²) in [5, 5.41) is 0. The molecule has 0 aliphatic carbocycles. The summed E-state index contributed by atoms with van der Waals surface area (Å²) in [4.78, 5) is 23.0. The summed E-state index contributed by atoms with van der Waals surface area (Å²) in [6.07, 6.45) is 0. The van der Waals surface area contributed by atoms with Gasteiger partial charge in [0.2, 0.25) is 11.8 Å². The smallest absolute Gasteiger partial charge is 0.366 e. The van der Waals surface area contributed by atoms with Gasteiger partial charge in [-0.3, -0.25) is 9.59 Å². The highest BCUT2D eigenvalue weighted by Crippen LogP contribution is 2.39. The average molecular weight is 432 g/mol. The predicted molar refractivity (Wildman–Crippen MR) is 98.6 cm³/mol. The molecule has 6 nitrogen and oxygen atoms in total. The fourth-order valence-electron chi connectivity index (χ4n) is 2.56. The van der Waals surface area contributed by atoms with Gasteiger partial charge in [-0.25, -0.2) is 8.42 Å². The molecule has 28 heavy (non-hydrogen) atoms. The molecule has 0 aliphatic heterocycles. The minimum absolute atomic E-state index is 0.107. The number of hydrogen-bond acceptors (Lipinski definition) is 5. The Kier molecular flexibility index (Phi) is 6.09. The van der Waals surface area contributed by atoms with E-state index >= 15 is 0 Å². The normalized spacial score (nSPS) is 12.0. The van der Waals surface area contributed by atoms with Gasteiger partial charge in [-0.15, -0.1) is 0 Å². The van der Waals surface area contributed by atoms with E-state index in [1.54, 1.807) is 0 Å². The van der Waals surface area contributed by atoms with Crippen molar-refractivity contribution in [2.45, 2.75) is 22.2 Å². The number of primary amides is 2. The highest BCUT2D eigenvalue weighted by molar-refractivity contribution is 8.00. The summed E-state index contributed by atoms with van der Waals surface area (Å²) >= 11 is -0.347. The number of thioether (sulfide) groups is 1. The first-order chi connectivity index (χ1) is 12.9. The molecule has 0 aliphatic rings. The summed E-state index contributed by atoms with van der Waals surface area (Å²) in [7, 11) is -4.04. The number of sulfone groups is 1. The van der Waals surface area contributed by atoms with E-state index in [2.05, 4.69) is 0 Å². The van der Waals surface area contributed by atoms with Crippen molar-refractivity contribution in [3.8, 4) is 11.1 Å². The fraction of sp³-hybridized carbons (Fsp3) is 0.176. The lowest BCUT2D eigenvalue weighted by Gasteiger charge is -2.17. The van der Waals surface area contributed by atoms with E-state index in [1.807, 2.05) is 0 Å². The summed E-state index contributed by atoms with van der Waals surface area (Å²) in [5.41, 5.74) is 5.53. The number of carbonyl (C=O) groups excluding carboxylic acids is 2. The van der Waals surface area contributed by atoms with Crippen LogP contribution >= 0.6 is 11.8 Å². The largest absolute Gasteiger partial charge is 0.446 e. The van der Waals surface area contributed by atoms with Crippen LogP contribution < -0.4 is 11.5 Å². The number of alkyl halides is 3. The SMILES string of the molecule is CCS(=O)(=O)c1c(C(N)=O)ccc(C(N)=O)c1-c1ccc(SC(F)(F)F)cc1. The van der Waals surface area contributed by atoms with E-state index in [0.717, 1.165) is 24.3 Å². The fourth-order valence-corrected chi connectivity index (χ4v) is 4.43. The van der Waals surface area contributed by atoms with Crippen molar-refractivity contribution in [1.82, 2.24) is 0 Å². The zero-order valence-corrected chi connectivity index (χ0v) is 16.0. The Morgan fingerprint density at radius 2 is 1.46 bits per heavy atom. The van der Waals surface area contributed by atoms with Crippen molar-refractivity contribution in [3.05, 3.63) is 47.5 Å². The van der Waals surface area contributed by atoms with E-state index in [9.17, 15) is 31.2 Å². The van der Waals surface area contributed by atoms with Crippen LogP contribution in [0, 0.1) is 0 Å². The highest BCUT2D eigenvalue weighted by Gasteiger charge is 2.30. The van der Waals surface area contributed by atoms with Gasteiger partial charge >= 0.3 is 5.51 Å². The molecular weight excluding hydrogens is 417 g/mol. The molecule has 0 unspecified atom stereocenters. The molecule has 4 N–H and O–H groups in total. The van der Waals surface area contributed by atoms with Crippen LogP contribution in [0.1, 0.15) is 27.6 Å². The molecule has 0 spiro atoms. The Hall–Kier alpha value is -2.53. The van der Waals surface area contributed by atoms with Gasteiger partial charge in [0.25, 0.3) is 0 Å². The molecule has 2 rings (SSSR count). The standard InChI is InChI=1S/C17H15F3N2O4S2/c1-2-28(25,26)14-12(16(22)24)8-7-11(15(21)23)13(14)9-3-5-10(6-4-9)27-17(18,19)20/h3-8H,2H2,1H3,(H2,21,23)(H2,22,24). The molecule has 0 heterocycles. The first-order valence-corrected chi connectivity index (χ1v) is 10.2. The number of rotatable bonds is 6. The molecule has 0 radical (unpaired) electrons. The third kappa shape index (κ3) is 4.65. The van der Waals surface area contributed by atoms with E-state index in [1.165, 1.54) is 19.1 Å². The van der Waals surface area contributed by atoms with E-state index in [-0.39, 0.29) is 38.9 Å². The van der Waals surface area contributed by atoms with Crippen LogP contribution in [0.3, 0.4) is 0 Å². The van der Waals surface area contributed by atoms with Crippen molar-refractivity contribution >= 4 is 33.4 Å². The zero-order valence-electron chi connectivity index (χ0n) is 14.4. The van der Waals surface area contributed by atoms with Crippen molar-refractivity contribution in [2.75, 3.05) is 5.75 Å². The minimum Gasteiger partial charge on any atom is -0.366 e. The maximum absolute atomic E-state index is 12.6. The molecular formula is C17H15F3N2O4S2. The molecule has 0 saturated carbocycles. The predicted octanol–water partition coefficient (Wildman–Crippen LogP) is 2.96. The number of nitrogens with two attached hydrogens (primary N) is 2. The van der Waals surface area contributed by atoms with Gasteiger partial charge in [0.15, 0.2) is 9.84 Å². The molecule has 2 aromatic carbocycles. The van der Waals surface area contributed by atoms with Crippen LogP contribution in [-0.2, 0) is 9.84 Å². The van der Waals surface area contributed by atoms with E-state index < -0.39 is 37.8 Å². The monoisotopic (exact) mass is 432 g/mol. The molecule has 0 bridgehead atoms. The van der Waals surface area contributed by atoms with Gasteiger partial charge in [-0.1, -0.05) is 19.1 Å². The molecule has 0 aromatic heterocycles. The second-order valence-corrected chi connectivity index (χ2v) is 8.92. The number of benzene rings is 2. The van der Waals surface area contributed by atoms with Crippen LogP contribution in [0.25, 0.3) is 11.1 Å². The molecule has 2 amide bonds. The second kappa shape index (κ2) is 7.84. The Morgan fingerprint density at radius 3 is 1.89 bits per heavy atom. The van der Waals surface area contributed by atoms with Crippen LogP contribution in [-0.4, -0.2) is 31.5 Å². The Balaban J connectivity index is 2.82. The molecule has 0 atom stereocenters. The topological polar surface area (TPSA) is 120 Å². The maximum Gasteiger partial charge on any atom is 0.446 e. The molecule has 150 valence electrons. The van der Waals surface area contributed by atoms with Crippen molar-refractivity contribution in [3.63, 3.8) is 0 Å². The van der Waals surface area contributed by atoms with Crippen molar-refractivity contribution in [2.24, 2.45) is 11.5 Å². The van der Waals surface area contributed by atoms with Gasteiger partial charge in [-0.2, -0.15) is 13.2 Å². The van der Waals surface area contributed by atoms with E-state index in [0.29, 0.717) is 0 Å². The lowest BCUT2D eigenvalue weighted by molar-refractivity contribution is -0.0328. The average Bonchev–Trinajstić information content (AvgIpc) is 2.59. The van der Waals surface area contributed by atoms with Gasteiger partial charge < -0.3 is 11.5 Å². The van der Waals surface area contributed by atoms with Gasteiger partial charge in [0.1, 0.15) is 0 Å². The Labute approximate surface area is 163 Å². The number of amides is 2. The lowest BCUT2D eigenvalue weighted by atomic mass is 9.96. The first-order valence-electron chi connectivity index (χ1n) is 7.73.